The molecule has 3 N–H and O–H groups in total. The average Bonchev–Trinajstić information content (AvgIpc) is 2.94. The standard InChI is InChI=1S/C16H20N2O3/c19-11-13-6-7-14(8-13)18-16(21)10-17-15(20)9-12-4-2-1-3-5-12/h1-7,13-14,19H,8-11H2,(H,17,20)(H,18,21)/t13-,14+/m0/s1. The van der Waals surface area contributed by atoms with Gasteiger partial charge in [0.25, 0.3) is 0 Å². The van der Waals surface area contributed by atoms with Gasteiger partial charge in [-0.2, -0.15) is 0 Å². The topological polar surface area (TPSA) is 78.4 Å². The summed E-state index contributed by atoms with van der Waals surface area (Å²) in [6.45, 7) is 0.0660. The largest absolute Gasteiger partial charge is 0.396 e. The van der Waals surface area contributed by atoms with Gasteiger partial charge in [-0.25, -0.2) is 0 Å². The third kappa shape index (κ3) is 5.04. The van der Waals surface area contributed by atoms with Gasteiger partial charge in [0.15, 0.2) is 0 Å². The minimum absolute atomic E-state index is 0.0280. The van der Waals surface area contributed by atoms with E-state index in [1.54, 1.807) is 0 Å². The van der Waals surface area contributed by atoms with Gasteiger partial charge in [0.05, 0.1) is 13.0 Å². The van der Waals surface area contributed by atoms with Crippen LogP contribution in [0.15, 0.2) is 42.5 Å². The molecule has 0 bridgehead atoms. The fraction of sp³-hybridized carbons (Fsp3) is 0.375. The number of rotatable bonds is 6. The van der Waals surface area contributed by atoms with Gasteiger partial charge in [-0.1, -0.05) is 42.5 Å². The number of nitrogens with one attached hydrogen (secondary N) is 2. The first-order valence-corrected chi connectivity index (χ1v) is 7.06. The van der Waals surface area contributed by atoms with Crippen molar-refractivity contribution in [3.63, 3.8) is 0 Å². The summed E-state index contributed by atoms with van der Waals surface area (Å²) < 4.78 is 0. The highest BCUT2D eigenvalue weighted by Crippen LogP contribution is 2.16. The summed E-state index contributed by atoms with van der Waals surface area (Å²) in [6, 6.07) is 9.33. The second kappa shape index (κ2) is 7.59. The van der Waals surface area contributed by atoms with Crippen molar-refractivity contribution >= 4 is 11.8 Å². The Morgan fingerprint density at radius 3 is 2.57 bits per heavy atom. The van der Waals surface area contributed by atoms with Gasteiger partial charge in [0, 0.05) is 18.6 Å². The summed E-state index contributed by atoms with van der Waals surface area (Å²) in [6.07, 6.45) is 4.76. The van der Waals surface area contributed by atoms with Crippen molar-refractivity contribution in [2.75, 3.05) is 13.2 Å². The van der Waals surface area contributed by atoms with Crippen molar-refractivity contribution in [1.29, 1.82) is 0 Å². The molecule has 2 rings (SSSR count). The Balaban J connectivity index is 1.67. The van der Waals surface area contributed by atoms with Crippen LogP contribution in [0.25, 0.3) is 0 Å². The van der Waals surface area contributed by atoms with Crippen molar-refractivity contribution in [1.82, 2.24) is 10.6 Å². The van der Waals surface area contributed by atoms with Gasteiger partial charge in [-0.05, 0) is 12.0 Å². The minimum atomic E-state index is -0.218. The molecule has 0 fully saturated rings. The number of amides is 2. The summed E-state index contributed by atoms with van der Waals surface area (Å²) >= 11 is 0. The fourth-order valence-electron chi connectivity index (χ4n) is 2.30. The molecule has 0 heterocycles. The molecule has 1 aliphatic carbocycles. The van der Waals surface area contributed by atoms with E-state index < -0.39 is 0 Å². The lowest BCUT2D eigenvalue weighted by molar-refractivity contribution is -0.126. The number of hydrogen-bond acceptors (Lipinski definition) is 3. The van der Waals surface area contributed by atoms with E-state index in [9.17, 15) is 9.59 Å². The first-order chi connectivity index (χ1) is 10.2. The monoisotopic (exact) mass is 288 g/mol. The minimum Gasteiger partial charge on any atom is -0.396 e. The number of carbonyl (C=O) groups is 2. The lowest BCUT2D eigenvalue weighted by atomic mass is 10.1. The third-order valence-corrected chi connectivity index (χ3v) is 3.41. The Morgan fingerprint density at radius 1 is 1.14 bits per heavy atom. The maximum absolute atomic E-state index is 11.7. The smallest absolute Gasteiger partial charge is 0.239 e. The van der Waals surface area contributed by atoms with Gasteiger partial charge in [0.2, 0.25) is 11.8 Å². The highest BCUT2D eigenvalue weighted by Gasteiger charge is 2.19. The van der Waals surface area contributed by atoms with Gasteiger partial charge in [-0.3, -0.25) is 9.59 Å². The molecule has 0 unspecified atom stereocenters. The molecule has 2 atom stereocenters. The molecule has 1 aliphatic rings. The van der Waals surface area contributed by atoms with E-state index in [4.69, 9.17) is 5.11 Å². The van der Waals surface area contributed by atoms with Crippen LogP contribution in [0.1, 0.15) is 12.0 Å². The molecule has 1 aromatic rings. The maximum Gasteiger partial charge on any atom is 0.239 e. The first-order valence-electron chi connectivity index (χ1n) is 7.06. The Kier molecular flexibility index (Phi) is 5.51. The molecule has 2 amide bonds. The summed E-state index contributed by atoms with van der Waals surface area (Å²) in [5.74, 6) is -0.279. The molecule has 1 aromatic carbocycles. The number of hydrogen-bond donors (Lipinski definition) is 3. The second-order valence-electron chi connectivity index (χ2n) is 5.18. The molecule has 21 heavy (non-hydrogen) atoms. The number of aliphatic hydroxyl groups is 1. The molecular weight excluding hydrogens is 268 g/mol. The SMILES string of the molecule is O=C(Cc1ccccc1)NCC(=O)N[C@@H]1C=C[C@H](CO)C1. The molecule has 5 heteroatoms. The molecule has 0 spiro atoms. The van der Waals surface area contributed by atoms with Crippen LogP contribution < -0.4 is 10.6 Å². The molecule has 5 nitrogen and oxygen atoms in total. The lowest BCUT2D eigenvalue weighted by Crippen LogP contribution is -2.41. The number of carbonyl (C=O) groups excluding carboxylic acids is 2. The fourth-order valence-corrected chi connectivity index (χ4v) is 2.30. The van der Waals surface area contributed by atoms with E-state index in [2.05, 4.69) is 10.6 Å². The van der Waals surface area contributed by atoms with E-state index in [0.717, 1.165) is 5.56 Å². The van der Waals surface area contributed by atoms with Gasteiger partial charge >= 0.3 is 0 Å². The van der Waals surface area contributed by atoms with Crippen LogP contribution in [0.2, 0.25) is 0 Å². The van der Waals surface area contributed by atoms with E-state index >= 15 is 0 Å². The van der Waals surface area contributed by atoms with Crippen molar-refractivity contribution in [3.8, 4) is 0 Å². The third-order valence-electron chi connectivity index (χ3n) is 3.41. The van der Waals surface area contributed by atoms with Gasteiger partial charge in [0.1, 0.15) is 0 Å². The van der Waals surface area contributed by atoms with Gasteiger partial charge < -0.3 is 15.7 Å². The highest BCUT2D eigenvalue weighted by atomic mass is 16.3. The maximum atomic E-state index is 11.7. The van der Waals surface area contributed by atoms with Crippen molar-refractivity contribution in [2.45, 2.75) is 18.9 Å². The Hall–Kier alpha value is -2.14. The molecular formula is C16H20N2O3. The van der Waals surface area contributed by atoms with Crippen LogP contribution in [-0.4, -0.2) is 36.1 Å². The van der Waals surface area contributed by atoms with Crippen LogP contribution in [0.3, 0.4) is 0 Å². The van der Waals surface area contributed by atoms with E-state index in [1.165, 1.54) is 0 Å². The zero-order valence-corrected chi connectivity index (χ0v) is 11.8. The van der Waals surface area contributed by atoms with E-state index in [1.807, 2.05) is 42.5 Å². The number of aliphatic hydroxyl groups excluding tert-OH is 1. The summed E-state index contributed by atoms with van der Waals surface area (Å²) in [5.41, 5.74) is 0.917. The highest BCUT2D eigenvalue weighted by molar-refractivity contribution is 5.85. The number of benzene rings is 1. The van der Waals surface area contributed by atoms with Crippen LogP contribution in [0.5, 0.6) is 0 Å². The predicted octanol–water partition coefficient (Wildman–Crippen LogP) is 0.398. The molecule has 0 radical (unpaired) electrons. The molecule has 0 aromatic heterocycles. The van der Waals surface area contributed by atoms with Crippen LogP contribution in [-0.2, 0) is 16.0 Å². The second-order valence-corrected chi connectivity index (χ2v) is 5.18. The van der Waals surface area contributed by atoms with Crippen molar-refractivity contribution in [2.24, 2.45) is 5.92 Å². The lowest BCUT2D eigenvalue weighted by Gasteiger charge is -2.13. The molecule has 0 saturated carbocycles. The normalized spacial score (nSPS) is 20.2. The molecule has 0 aliphatic heterocycles. The quantitative estimate of drug-likeness (QED) is 0.663. The zero-order chi connectivity index (χ0) is 15.1. The summed E-state index contributed by atoms with van der Waals surface area (Å²) in [5, 5.41) is 14.4. The van der Waals surface area contributed by atoms with Gasteiger partial charge in [-0.15, -0.1) is 0 Å². The van der Waals surface area contributed by atoms with E-state index in [-0.39, 0.29) is 43.3 Å². The predicted molar refractivity (Wildman–Crippen MR) is 79.4 cm³/mol. The summed E-state index contributed by atoms with van der Waals surface area (Å²) in [4.78, 5) is 23.4. The molecule has 112 valence electrons. The first kappa shape index (κ1) is 15.3. The van der Waals surface area contributed by atoms with Crippen LogP contribution in [0.4, 0.5) is 0 Å². The van der Waals surface area contributed by atoms with Crippen LogP contribution >= 0.6 is 0 Å². The molecule has 0 saturated heterocycles. The Morgan fingerprint density at radius 2 is 1.90 bits per heavy atom. The van der Waals surface area contributed by atoms with Crippen LogP contribution in [0, 0.1) is 5.92 Å². The van der Waals surface area contributed by atoms with E-state index in [0.29, 0.717) is 6.42 Å². The van der Waals surface area contributed by atoms with Crippen molar-refractivity contribution < 1.29 is 14.7 Å². The summed E-state index contributed by atoms with van der Waals surface area (Å²) in [7, 11) is 0. The average molecular weight is 288 g/mol. The Labute approximate surface area is 124 Å². The zero-order valence-electron chi connectivity index (χ0n) is 11.8. The van der Waals surface area contributed by atoms with Crippen molar-refractivity contribution in [3.05, 3.63) is 48.0 Å². The Bertz CT molecular complexity index is 514.